The normalized spacial score (nSPS) is 14.8. The second kappa shape index (κ2) is 7.70. The van der Waals surface area contributed by atoms with Crippen LogP contribution >= 0.6 is 0 Å². The Hall–Kier alpha value is -2.21. The van der Waals surface area contributed by atoms with Gasteiger partial charge >= 0.3 is 0 Å². The first-order valence-corrected chi connectivity index (χ1v) is 7.72. The molecular formula is C16H21N5O. The Morgan fingerprint density at radius 2 is 2.09 bits per heavy atom. The highest BCUT2D eigenvalue weighted by Gasteiger charge is 2.12. The molecule has 3 heterocycles. The van der Waals surface area contributed by atoms with Gasteiger partial charge in [0.05, 0.1) is 19.0 Å². The summed E-state index contributed by atoms with van der Waals surface area (Å²) in [6, 6.07) is 5.97. The van der Waals surface area contributed by atoms with E-state index in [-0.39, 0.29) is 0 Å². The van der Waals surface area contributed by atoms with E-state index in [2.05, 4.69) is 25.2 Å². The summed E-state index contributed by atoms with van der Waals surface area (Å²) in [6.45, 7) is 4.50. The van der Waals surface area contributed by atoms with Gasteiger partial charge in [-0.2, -0.15) is 4.98 Å². The molecule has 3 rings (SSSR count). The smallest absolute Gasteiger partial charge is 0.234 e. The molecule has 2 aromatic heterocycles. The van der Waals surface area contributed by atoms with Crippen LogP contribution in [0.2, 0.25) is 0 Å². The van der Waals surface area contributed by atoms with Gasteiger partial charge in [-0.15, -0.1) is 0 Å². The van der Waals surface area contributed by atoms with Gasteiger partial charge in [0, 0.05) is 38.1 Å². The summed E-state index contributed by atoms with van der Waals surface area (Å²) >= 11 is 0. The zero-order valence-electron chi connectivity index (χ0n) is 12.6. The van der Waals surface area contributed by atoms with Crippen molar-refractivity contribution in [2.75, 3.05) is 37.7 Å². The third-order valence-electron chi connectivity index (χ3n) is 3.59. The minimum atomic E-state index is 0.594. The minimum absolute atomic E-state index is 0.594. The van der Waals surface area contributed by atoms with Gasteiger partial charge in [-0.25, -0.2) is 0 Å². The molecule has 1 aliphatic rings. The van der Waals surface area contributed by atoms with Gasteiger partial charge in [-0.1, -0.05) is 6.07 Å². The number of nitrogens with zero attached hydrogens (tertiary/aromatic N) is 4. The van der Waals surface area contributed by atoms with Crippen LogP contribution in [0, 0.1) is 0 Å². The van der Waals surface area contributed by atoms with Gasteiger partial charge < -0.3 is 15.0 Å². The van der Waals surface area contributed by atoms with E-state index in [4.69, 9.17) is 4.74 Å². The number of piperazine rings is 1. The van der Waals surface area contributed by atoms with Crippen LogP contribution in [0.15, 0.2) is 36.8 Å². The Kier molecular flexibility index (Phi) is 5.15. The maximum absolute atomic E-state index is 5.72. The third kappa shape index (κ3) is 4.14. The number of hydrogen-bond acceptors (Lipinski definition) is 6. The molecule has 1 N–H and O–H groups in total. The van der Waals surface area contributed by atoms with Crippen LogP contribution < -0.4 is 15.0 Å². The van der Waals surface area contributed by atoms with Crippen molar-refractivity contribution in [1.82, 2.24) is 20.3 Å². The Bertz CT molecular complexity index is 572. The second-order valence-corrected chi connectivity index (χ2v) is 5.23. The van der Waals surface area contributed by atoms with Crippen LogP contribution in [0.1, 0.15) is 12.1 Å². The summed E-state index contributed by atoms with van der Waals surface area (Å²) in [5.41, 5.74) is 1.09. The van der Waals surface area contributed by atoms with Crippen molar-refractivity contribution in [3.63, 3.8) is 0 Å². The summed E-state index contributed by atoms with van der Waals surface area (Å²) in [5, 5.41) is 3.33. The summed E-state index contributed by atoms with van der Waals surface area (Å²) in [6.07, 6.45) is 7.11. The second-order valence-electron chi connectivity index (χ2n) is 5.23. The lowest BCUT2D eigenvalue weighted by Crippen LogP contribution is -2.43. The molecule has 0 radical (unpaired) electrons. The average Bonchev–Trinajstić information content (AvgIpc) is 2.61. The van der Waals surface area contributed by atoms with Crippen LogP contribution in [0.3, 0.4) is 0 Å². The third-order valence-corrected chi connectivity index (χ3v) is 3.59. The van der Waals surface area contributed by atoms with Crippen molar-refractivity contribution in [2.24, 2.45) is 0 Å². The molecule has 0 spiro atoms. The molecule has 1 saturated heterocycles. The fraction of sp³-hybridized carbons (Fsp3) is 0.438. The molecule has 0 bridgehead atoms. The standard InChI is InChI=1S/C16H21N5O/c1-2-6-19-14(4-1)5-3-11-22-16-13-18-12-15(20-16)21-9-7-17-8-10-21/h1-2,4,6,12-13,17H,3,5,7-11H2. The lowest BCUT2D eigenvalue weighted by molar-refractivity contribution is 0.297. The average molecular weight is 299 g/mol. The predicted molar refractivity (Wildman–Crippen MR) is 85.2 cm³/mol. The molecule has 116 valence electrons. The van der Waals surface area contributed by atoms with E-state index >= 15 is 0 Å². The van der Waals surface area contributed by atoms with E-state index in [9.17, 15) is 0 Å². The quantitative estimate of drug-likeness (QED) is 0.811. The summed E-state index contributed by atoms with van der Waals surface area (Å²) in [4.78, 5) is 15.3. The Labute approximate surface area is 130 Å². The van der Waals surface area contributed by atoms with Crippen molar-refractivity contribution in [3.05, 3.63) is 42.5 Å². The number of nitrogens with one attached hydrogen (secondary N) is 1. The number of aromatic nitrogens is 3. The van der Waals surface area contributed by atoms with Crippen LogP contribution in [0.25, 0.3) is 0 Å². The molecule has 6 heteroatoms. The Morgan fingerprint density at radius 3 is 2.91 bits per heavy atom. The zero-order valence-corrected chi connectivity index (χ0v) is 12.6. The Balaban J connectivity index is 1.48. The first-order valence-electron chi connectivity index (χ1n) is 7.72. The van der Waals surface area contributed by atoms with E-state index in [1.807, 2.05) is 24.4 Å². The van der Waals surface area contributed by atoms with E-state index in [1.54, 1.807) is 12.4 Å². The van der Waals surface area contributed by atoms with Crippen molar-refractivity contribution in [1.29, 1.82) is 0 Å². The number of pyridine rings is 1. The van der Waals surface area contributed by atoms with Crippen molar-refractivity contribution < 1.29 is 4.74 Å². The largest absolute Gasteiger partial charge is 0.477 e. The van der Waals surface area contributed by atoms with Gasteiger partial charge in [-0.05, 0) is 25.0 Å². The summed E-state index contributed by atoms with van der Waals surface area (Å²) in [7, 11) is 0. The van der Waals surface area contributed by atoms with Crippen LogP contribution in [0.5, 0.6) is 5.88 Å². The van der Waals surface area contributed by atoms with Gasteiger partial charge in [0.25, 0.3) is 0 Å². The topological polar surface area (TPSA) is 63.2 Å². The number of rotatable bonds is 6. The van der Waals surface area contributed by atoms with Gasteiger partial charge in [-0.3, -0.25) is 9.97 Å². The molecule has 22 heavy (non-hydrogen) atoms. The van der Waals surface area contributed by atoms with Crippen molar-refractivity contribution in [3.8, 4) is 5.88 Å². The molecular weight excluding hydrogens is 278 g/mol. The predicted octanol–water partition coefficient (Wildman–Crippen LogP) is 1.29. The summed E-state index contributed by atoms with van der Waals surface area (Å²) < 4.78 is 5.72. The number of ether oxygens (including phenoxy) is 1. The number of aryl methyl sites for hydroxylation is 1. The minimum Gasteiger partial charge on any atom is -0.477 e. The maximum Gasteiger partial charge on any atom is 0.234 e. The molecule has 0 aromatic carbocycles. The Morgan fingerprint density at radius 1 is 1.18 bits per heavy atom. The van der Waals surface area contributed by atoms with E-state index in [0.717, 1.165) is 50.5 Å². The molecule has 0 aliphatic carbocycles. The molecule has 0 amide bonds. The highest BCUT2D eigenvalue weighted by molar-refractivity contribution is 5.38. The van der Waals surface area contributed by atoms with Gasteiger partial charge in [0.1, 0.15) is 0 Å². The summed E-state index contributed by atoms with van der Waals surface area (Å²) in [5.74, 6) is 1.49. The van der Waals surface area contributed by atoms with Crippen LogP contribution in [-0.2, 0) is 6.42 Å². The first-order chi connectivity index (χ1) is 10.9. The molecule has 0 saturated carbocycles. The number of anilines is 1. The fourth-order valence-corrected chi connectivity index (χ4v) is 2.43. The van der Waals surface area contributed by atoms with Crippen LogP contribution in [-0.4, -0.2) is 47.7 Å². The monoisotopic (exact) mass is 299 g/mol. The molecule has 1 fully saturated rings. The van der Waals surface area contributed by atoms with Gasteiger partial charge in [0.15, 0.2) is 5.82 Å². The zero-order chi connectivity index (χ0) is 15.0. The van der Waals surface area contributed by atoms with E-state index in [0.29, 0.717) is 12.5 Å². The molecule has 2 aromatic rings. The lowest BCUT2D eigenvalue weighted by Gasteiger charge is -2.28. The molecule has 1 aliphatic heterocycles. The molecule has 0 atom stereocenters. The van der Waals surface area contributed by atoms with Gasteiger partial charge in [0.2, 0.25) is 5.88 Å². The number of hydrogen-bond donors (Lipinski definition) is 1. The van der Waals surface area contributed by atoms with E-state index in [1.165, 1.54) is 0 Å². The fourth-order valence-electron chi connectivity index (χ4n) is 2.43. The van der Waals surface area contributed by atoms with Crippen molar-refractivity contribution >= 4 is 5.82 Å². The molecule has 6 nitrogen and oxygen atoms in total. The van der Waals surface area contributed by atoms with Crippen LogP contribution in [0.4, 0.5) is 5.82 Å². The first kappa shape index (κ1) is 14.7. The molecule has 0 unspecified atom stereocenters. The SMILES string of the molecule is c1ccc(CCCOc2cncc(N3CCNCC3)n2)nc1. The highest BCUT2D eigenvalue weighted by atomic mass is 16.5. The van der Waals surface area contributed by atoms with Crippen molar-refractivity contribution in [2.45, 2.75) is 12.8 Å². The van der Waals surface area contributed by atoms with E-state index < -0.39 is 0 Å². The highest BCUT2D eigenvalue weighted by Crippen LogP contribution is 2.14. The maximum atomic E-state index is 5.72. The lowest BCUT2D eigenvalue weighted by atomic mass is 10.2.